The van der Waals surface area contributed by atoms with Gasteiger partial charge in [-0.05, 0) is 49.4 Å². The van der Waals surface area contributed by atoms with Gasteiger partial charge in [-0.1, -0.05) is 53.4 Å². The van der Waals surface area contributed by atoms with Crippen molar-refractivity contribution in [1.29, 1.82) is 0 Å². The van der Waals surface area contributed by atoms with Crippen LogP contribution in [0, 0.1) is 11.3 Å². The summed E-state index contributed by atoms with van der Waals surface area (Å²) < 4.78 is 42.8. The first kappa shape index (κ1) is 33.8. The molecule has 0 fully saturated rings. The Kier molecular flexibility index (Phi) is 11.8. The van der Waals surface area contributed by atoms with Gasteiger partial charge in [0.25, 0.3) is 0 Å². The Hall–Kier alpha value is -2.73. The lowest BCUT2D eigenvalue weighted by Gasteiger charge is -2.42. The van der Waals surface area contributed by atoms with E-state index in [9.17, 15) is 23.1 Å². The number of halogens is 1. The molecule has 3 rings (SSSR count). The van der Waals surface area contributed by atoms with Gasteiger partial charge in [0.15, 0.2) is 0 Å². The number of carbonyl (C=O) groups is 2. The number of hydrogen-bond donors (Lipinski definition) is 4. The maximum absolute atomic E-state index is 13.8. The van der Waals surface area contributed by atoms with Crippen molar-refractivity contribution >= 4 is 51.3 Å². The zero-order valence-corrected chi connectivity index (χ0v) is 26.6. The summed E-state index contributed by atoms with van der Waals surface area (Å²) in [6.07, 6.45) is 7.78. The Balaban J connectivity index is 2.20. The lowest BCUT2D eigenvalue weighted by molar-refractivity contribution is -0.134. The largest absolute Gasteiger partial charge is 0.476 e. The van der Waals surface area contributed by atoms with Crippen molar-refractivity contribution in [2.45, 2.75) is 76.0 Å². The van der Waals surface area contributed by atoms with E-state index < -0.39 is 27.8 Å². The molecule has 11 heteroatoms. The van der Waals surface area contributed by atoms with Crippen LogP contribution in [0.5, 0.6) is 5.75 Å². The normalized spacial score (nSPS) is 16.9. The molecule has 0 saturated heterocycles. The van der Waals surface area contributed by atoms with Gasteiger partial charge in [-0.25, -0.2) is 4.79 Å². The molecule has 1 amide bonds. The number of hydrogen-bond acceptors (Lipinski definition) is 7. The van der Waals surface area contributed by atoms with Crippen molar-refractivity contribution in [2.75, 3.05) is 28.8 Å². The third-order valence-electron chi connectivity index (χ3n) is 7.48. The second-order valence-corrected chi connectivity index (χ2v) is 14.1. The van der Waals surface area contributed by atoms with Gasteiger partial charge in [0.05, 0.1) is 15.5 Å². The minimum Gasteiger partial charge on any atom is -0.476 e. The van der Waals surface area contributed by atoms with E-state index in [0.29, 0.717) is 29.1 Å². The summed E-state index contributed by atoms with van der Waals surface area (Å²) in [6, 6.07) is 10.8. The first-order valence-electron chi connectivity index (χ1n) is 14.3. The van der Waals surface area contributed by atoms with Crippen LogP contribution >= 0.6 is 22.4 Å². The highest BCUT2D eigenvalue weighted by molar-refractivity contribution is 8.24. The highest BCUT2D eigenvalue weighted by Gasteiger charge is 2.42. The number of anilines is 3. The van der Waals surface area contributed by atoms with Crippen LogP contribution < -0.4 is 15.0 Å². The molecule has 0 unspecified atom stereocenters. The van der Waals surface area contributed by atoms with Crippen molar-refractivity contribution in [1.82, 2.24) is 0 Å². The average molecular weight is 623 g/mol. The van der Waals surface area contributed by atoms with Gasteiger partial charge >= 0.3 is 5.97 Å². The number of carbonyl (C=O) groups excluding carboxylic acids is 1. The number of rotatable bonds is 13. The molecule has 1 heterocycles. The van der Waals surface area contributed by atoms with Crippen molar-refractivity contribution in [3.05, 3.63) is 48.5 Å². The number of benzene rings is 2. The molecule has 0 atom stereocenters. The van der Waals surface area contributed by atoms with E-state index in [2.05, 4.69) is 24.1 Å². The predicted octanol–water partition coefficient (Wildman–Crippen LogP) is 8.91. The van der Waals surface area contributed by atoms with E-state index >= 15 is 0 Å². The van der Waals surface area contributed by atoms with Gasteiger partial charge in [0.2, 0.25) is 11.7 Å². The van der Waals surface area contributed by atoms with Crippen LogP contribution in [0.1, 0.15) is 66.2 Å². The summed E-state index contributed by atoms with van der Waals surface area (Å²) in [7, 11) is -3.34. The maximum atomic E-state index is 13.8. The summed E-state index contributed by atoms with van der Waals surface area (Å²) in [4.78, 5) is 26.2. The Labute approximate surface area is 254 Å². The van der Waals surface area contributed by atoms with Crippen molar-refractivity contribution in [2.24, 2.45) is 11.3 Å². The SMILES string of the molecule is CCCCC1(CCCC)CN(c2ccc(NC(=O)C(C)C)cc2)c2cc(SC)c(O/C=C(\F)C(=O)O)cc2S(O)(O)C1. The van der Waals surface area contributed by atoms with Crippen LogP contribution in [0.4, 0.5) is 21.5 Å². The minimum atomic E-state index is -3.34. The van der Waals surface area contributed by atoms with E-state index in [1.807, 2.05) is 44.4 Å². The zero-order valence-electron chi connectivity index (χ0n) is 25.0. The molecule has 0 bridgehead atoms. The Morgan fingerprint density at radius 2 is 1.76 bits per heavy atom. The molecular weight excluding hydrogens is 579 g/mol. The molecule has 2 aromatic rings. The number of aliphatic carboxylic acids is 1. The summed E-state index contributed by atoms with van der Waals surface area (Å²) in [6.45, 7) is 8.45. The van der Waals surface area contributed by atoms with E-state index in [1.54, 1.807) is 6.07 Å². The molecule has 4 N–H and O–H groups in total. The van der Waals surface area contributed by atoms with Gasteiger partial charge in [-0.2, -0.15) is 15.0 Å². The number of thioether (sulfide) groups is 1. The molecule has 1 aliphatic rings. The van der Waals surface area contributed by atoms with Gasteiger partial charge < -0.3 is 20.1 Å². The molecule has 0 aliphatic carbocycles. The van der Waals surface area contributed by atoms with Crippen LogP contribution in [-0.2, 0) is 9.59 Å². The van der Waals surface area contributed by atoms with Crippen LogP contribution in [0.2, 0.25) is 0 Å². The van der Waals surface area contributed by atoms with E-state index in [1.165, 1.54) is 17.8 Å². The molecule has 0 spiro atoms. The summed E-state index contributed by atoms with van der Waals surface area (Å²) in [5.41, 5.74) is 1.69. The third kappa shape index (κ3) is 8.21. The fraction of sp³-hybridized carbons (Fsp3) is 0.484. The maximum Gasteiger partial charge on any atom is 0.368 e. The second kappa shape index (κ2) is 14.6. The smallest absolute Gasteiger partial charge is 0.368 e. The number of nitrogens with one attached hydrogen (secondary N) is 1. The number of carboxylic acid groups (broad SMARTS) is 1. The van der Waals surface area contributed by atoms with Gasteiger partial charge in [0.1, 0.15) is 12.0 Å². The standard InChI is InChI=1S/C31H43FN2O6S2/c1-6-8-14-31(15-9-7-2)19-34(23-12-10-22(11-13-23)33-29(35)21(3)4)25-16-27(41-5)26(40-18-24(32)30(36)37)17-28(25)42(38,39)20-31/h10-13,16-18,21,38-39H,6-9,14-15,19-20H2,1-5H3,(H,33,35)(H,36,37)/b24-18-. The van der Waals surface area contributed by atoms with Crippen LogP contribution in [0.25, 0.3) is 0 Å². The van der Waals surface area contributed by atoms with E-state index in [-0.39, 0.29) is 28.2 Å². The van der Waals surface area contributed by atoms with E-state index in [4.69, 9.17) is 9.84 Å². The zero-order chi connectivity index (χ0) is 31.1. The lowest BCUT2D eigenvalue weighted by atomic mass is 9.79. The predicted molar refractivity (Wildman–Crippen MR) is 170 cm³/mol. The first-order chi connectivity index (χ1) is 19.9. The highest BCUT2D eigenvalue weighted by Crippen LogP contribution is 2.62. The molecule has 0 aromatic heterocycles. The third-order valence-corrected chi connectivity index (χ3v) is 10.3. The van der Waals surface area contributed by atoms with Crippen molar-refractivity contribution in [3.63, 3.8) is 0 Å². The average Bonchev–Trinajstić information content (AvgIpc) is 3.05. The van der Waals surface area contributed by atoms with Crippen LogP contribution in [-0.4, -0.2) is 44.6 Å². The molecule has 0 saturated carbocycles. The Morgan fingerprint density at radius 3 is 2.29 bits per heavy atom. The molecular formula is C31H43FN2O6S2. The van der Waals surface area contributed by atoms with Gasteiger partial charge in [0, 0.05) is 41.1 Å². The lowest BCUT2D eigenvalue weighted by Crippen LogP contribution is -2.37. The molecule has 2 aromatic carbocycles. The monoisotopic (exact) mass is 622 g/mol. The number of amides is 1. The Morgan fingerprint density at radius 1 is 1.14 bits per heavy atom. The summed E-state index contributed by atoms with van der Waals surface area (Å²) in [5, 5.41) is 11.8. The van der Waals surface area contributed by atoms with E-state index in [0.717, 1.165) is 44.2 Å². The Bertz CT molecular complexity index is 1270. The van der Waals surface area contributed by atoms with Crippen LogP contribution in [0.3, 0.4) is 0 Å². The number of unbranched alkanes of at least 4 members (excludes halogenated alkanes) is 2. The molecule has 0 radical (unpaired) electrons. The second-order valence-electron chi connectivity index (χ2n) is 11.2. The molecule has 1 aliphatic heterocycles. The molecule has 8 nitrogen and oxygen atoms in total. The number of ether oxygens (including phenoxy) is 1. The van der Waals surface area contributed by atoms with Gasteiger partial charge in [-0.15, -0.1) is 11.8 Å². The van der Waals surface area contributed by atoms with Crippen molar-refractivity contribution in [3.8, 4) is 5.75 Å². The fourth-order valence-electron chi connectivity index (χ4n) is 5.16. The topological polar surface area (TPSA) is 119 Å². The highest BCUT2D eigenvalue weighted by atomic mass is 32.3. The number of fused-ring (bicyclic) bond motifs is 1. The summed E-state index contributed by atoms with van der Waals surface area (Å²) in [5.74, 6) is -3.16. The first-order valence-corrected chi connectivity index (χ1v) is 17.2. The quantitative estimate of drug-likeness (QED) is 0.0993. The summed E-state index contributed by atoms with van der Waals surface area (Å²) >= 11 is 1.32. The van der Waals surface area contributed by atoms with Crippen LogP contribution in [0.15, 0.2) is 58.3 Å². The van der Waals surface area contributed by atoms with Crippen molar-refractivity contribution < 1.29 is 32.9 Å². The molecule has 42 heavy (non-hydrogen) atoms. The molecule has 232 valence electrons. The number of nitrogens with zero attached hydrogens (tertiary/aromatic N) is 1. The fourth-order valence-corrected chi connectivity index (χ4v) is 7.89. The number of carboxylic acids is 1. The minimum absolute atomic E-state index is 0.0829. The van der Waals surface area contributed by atoms with Gasteiger partial charge in [-0.3, -0.25) is 13.9 Å².